The van der Waals surface area contributed by atoms with Crippen molar-refractivity contribution in [3.05, 3.63) is 28.8 Å². The molecule has 0 aliphatic carbocycles. The highest BCUT2D eigenvalue weighted by atomic mass is 19.2. The zero-order chi connectivity index (χ0) is 20.2. The molecular weight excluding hydrogens is 370 g/mol. The molecule has 0 bridgehead atoms. The summed E-state index contributed by atoms with van der Waals surface area (Å²) in [6.07, 6.45) is 0.279. The molecule has 0 saturated carbocycles. The van der Waals surface area contributed by atoms with E-state index in [2.05, 4.69) is 10.6 Å². The van der Waals surface area contributed by atoms with Gasteiger partial charge in [-0.2, -0.15) is 0 Å². The smallest absolute Gasteiger partial charge is 0.258 e. The number of nitrogens with one attached hydrogen (secondary N) is 2. The summed E-state index contributed by atoms with van der Waals surface area (Å²) in [6.45, 7) is 5.15. The standard InChI is InChI=1S/C19H22F2N4O3/c1-9-6-22-7-10(2)25(9)13-5-11-8-24(12-3-4-14(26)23-18(12)27)19(28)15(11)17(21)16(13)20/h5,9-10,12,22H,3-4,6-8H2,1-2H3,(H,23,26,27). The summed E-state index contributed by atoms with van der Waals surface area (Å²) in [4.78, 5) is 39.3. The van der Waals surface area contributed by atoms with Crippen LogP contribution in [0.15, 0.2) is 6.07 Å². The molecule has 1 aromatic rings. The van der Waals surface area contributed by atoms with Crippen LogP contribution in [0.25, 0.3) is 0 Å². The zero-order valence-electron chi connectivity index (χ0n) is 15.7. The quantitative estimate of drug-likeness (QED) is 0.732. The van der Waals surface area contributed by atoms with Crippen LogP contribution >= 0.6 is 0 Å². The molecule has 1 aromatic carbocycles. The Kier molecular flexibility index (Phi) is 4.57. The summed E-state index contributed by atoms with van der Waals surface area (Å²) in [6, 6.07) is 0.578. The van der Waals surface area contributed by atoms with Crippen molar-refractivity contribution in [3.63, 3.8) is 0 Å². The second kappa shape index (κ2) is 6.80. The summed E-state index contributed by atoms with van der Waals surface area (Å²) < 4.78 is 29.8. The number of halogens is 2. The van der Waals surface area contributed by atoms with Gasteiger partial charge in [0, 0.05) is 38.1 Å². The molecule has 2 fully saturated rings. The van der Waals surface area contributed by atoms with Crippen molar-refractivity contribution in [2.24, 2.45) is 0 Å². The van der Waals surface area contributed by atoms with E-state index in [-0.39, 0.29) is 42.7 Å². The number of amides is 3. The predicted octanol–water partition coefficient (Wildman–Crippen LogP) is 0.912. The van der Waals surface area contributed by atoms with Gasteiger partial charge in [-0.15, -0.1) is 0 Å². The van der Waals surface area contributed by atoms with Crippen molar-refractivity contribution in [3.8, 4) is 0 Å². The van der Waals surface area contributed by atoms with Crippen molar-refractivity contribution < 1.29 is 23.2 Å². The second-order valence-electron chi connectivity index (χ2n) is 7.72. The van der Waals surface area contributed by atoms with E-state index in [0.717, 1.165) is 0 Å². The van der Waals surface area contributed by atoms with Crippen LogP contribution in [0.5, 0.6) is 0 Å². The van der Waals surface area contributed by atoms with Gasteiger partial charge in [-0.3, -0.25) is 19.7 Å². The maximum absolute atomic E-state index is 14.9. The highest BCUT2D eigenvalue weighted by Gasteiger charge is 2.42. The minimum Gasteiger partial charge on any atom is -0.361 e. The molecule has 2 saturated heterocycles. The van der Waals surface area contributed by atoms with Gasteiger partial charge < -0.3 is 15.1 Å². The highest BCUT2D eigenvalue weighted by Crippen LogP contribution is 2.36. The average molecular weight is 392 g/mol. The molecule has 9 heteroatoms. The maximum atomic E-state index is 14.9. The number of nitrogens with zero attached hydrogens (tertiary/aromatic N) is 2. The van der Waals surface area contributed by atoms with Crippen LogP contribution < -0.4 is 15.5 Å². The van der Waals surface area contributed by atoms with E-state index >= 15 is 0 Å². The van der Waals surface area contributed by atoms with E-state index in [1.807, 2.05) is 18.7 Å². The lowest BCUT2D eigenvalue weighted by Crippen LogP contribution is -2.55. The van der Waals surface area contributed by atoms with Crippen molar-refractivity contribution in [2.45, 2.75) is 51.4 Å². The molecule has 0 aromatic heterocycles. The number of piperidine rings is 1. The Morgan fingerprint density at radius 1 is 1.07 bits per heavy atom. The van der Waals surface area contributed by atoms with Crippen molar-refractivity contribution in [1.29, 1.82) is 0 Å². The third-order valence-corrected chi connectivity index (χ3v) is 5.78. The number of anilines is 1. The summed E-state index contributed by atoms with van der Waals surface area (Å²) in [5.74, 6) is -3.91. The summed E-state index contributed by atoms with van der Waals surface area (Å²) >= 11 is 0. The Balaban J connectivity index is 1.70. The lowest BCUT2D eigenvalue weighted by molar-refractivity contribution is -0.136. The fourth-order valence-electron chi connectivity index (χ4n) is 4.44. The minimum absolute atomic E-state index is 0.0134. The SMILES string of the molecule is CC1CNCC(C)N1c1cc2c(c(F)c1F)C(=O)N(C1CCC(=O)NC1=O)C2. The molecule has 3 unspecified atom stereocenters. The fraction of sp³-hybridized carbons (Fsp3) is 0.526. The monoisotopic (exact) mass is 392 g/mol. The van der Waals surface area contributed by atoms with Crippen LogP contribution in [0.2, 0.25) is 0 Å². The normalized spacial score (nSPS) is 27.9. The molecule has 3 aliphatic rings. The Bertz CT molecular complexity index is 865. The highest BCUT2D eigenvalue weighted by molar-refractivity contribution is 6.05. The van der Waals surface area contributed by atoms with Crippen molar-refractivity contribution >= 4 is 23.4 Å². The Hall–Kier alpha value is -2.55. The Morgan fingerprint density at radius 3 is 2.39 bits per heavy atom. The van der Waals surface area contributed by atoms with Gasteiger partial charge >= 0.3 is 0 Å². The fourth-order valence-corrected chi connectivity index (χ4v) is 4.44. The van der Waals surface area contributed by atoms with Gasteiger partial charge in [-0.05, 0) is 31.9 Å². The minimum atomic E-state index is -1.18. The van der Waals surface area contributed by atoms with Gasteiger partial charge in [0.15, 0.2) is 11.6 Å². The number of rotatable bonds is 2. The molecular formula is C19H22F2N4O3. The van der Waals surface area contributed by atoms with Gasteiger partial charge in [0.25, 0.3) is 5.91 Å². The van der Waals surface area contributed by atoms with Crippen molar-refractivity contribution in [2.75, 3.05) is 18.0 Å². The van der Waals surface area contributed by atoms with Crippen molar-refractivity contribution in [1.82, 2.24) is 15.5 Å². The molecule has 2 N–H and O–H groups in total. The van der Waals surface area contributed by atoms with E-state index in [1.54, 1.807) is 0 Å². The van der Waals surface area contributed by atoms with E-state index in [4.69, 9.17) is 0 Å². The Labute approximate surface area is 161 Å². The Morgan fingerprint density at radius 2 is 1.75 bits per heavy atom. The number of carbonyl (C=O) groups is 3. The predicted molar refractivity (Wildman–Crippen MR) is 96.7 cm³/mol. The lowest BCUT2D eigenvalue weighted by atomic mass is 10.0. The van der Waals surface area contributed by atoms with Crippen LogP contribution in [0.3, 0.4) is 0 Å². The van der Waals surface area contributed by atoms with Gasteiger partial charge in [0.2, 0.25) is 11.8 Å². The number of piperazine rings is 1. The summed E-state index contributed by atoms with van der Waals surface area (Å²) in [5.41, 5.74) is 0.179. The maximum Gasteiger partial charge on any atom is 0.258 e. The molecule has 7 nitrogen and oxygen atoms in total. The summed E-state index contributed by atoms with van der Waals surface area (Å²) in [7, 11) is 0. The second-order valence-corrected chi connectivity index (χ2v) is 7.72. The molecule has 150 valence electrons. The topological polar surface area (TPSA) is 81.8 Å². The average Bonchev–Trinajstić information content (AvgIpc) is 2.95. The summed E-state index contributed by atoms with van der Waals surface area (Å²) in [5, 5.41) is 5.44. The van der Waals surface area contributed by atoms with Gasteiger partial charge in [0.05, 0.1) is 11.3 Å². The zero-order valence-corrected chi connectivity index (χ0v) is 15.7. The largest absolute Gasteiger partial charge is 0.361 e. The number of hydrogen-bond donors (Lipinski definition) is 2. The van der Waals surface area contributed by atoms with Crippen LogP contribution in [0, 0.1) is 11.6 Å². The van der Waals surface area contributed by atoms with Gasteiger partial charge in [-0.25, -0.2) is 8.78 Å². The number of benzene rings is 1. The third-order valence-electron chi connectivity index (χ3n) is 5.78. The van der Waals surface area contributed by atoms with Gasteiger partial charge in [-0.1, -0.05) is 0 Å². The molecule has 3 heterocycles. The van der Waals surface area contributed by atoms with Crippen LogP contribution in [0.1, 0.15) is 42.6 Å². The van der Waals surface area contributed by atoms with E-state index in [0.29, 0.717) is 18.7 Å². The van der Waals surface area contributed by atoms with Gasteiger partial charge in [0.1, 0.15) is 6.04 Å². The van der Waals surface area contributed by atoms with E-state index in [1.165, 1.54) is 11.0 Å². The molecule has 3 aliphatic heterocycles. The number of imide groups is 1. The van der Waals surface area contributed by atoms with Crippen LogP contribution in [0.4, 0.5) is 14.5 Å². The molecule has 3 atom stereocenters. The first kappa shape index (κ1) is 18.8. The first-order valence-corrected chi connectivity index (χ1v) is 9.44. The van der Waals surface area contributed by atoms with E-state index < -0.39 is 35.4 Å². The molecule has 4 rings (SSSR count). The third kappa shape index (κ3) is 2.85. The first-order valence-electron chi connectivity index (χ1n) is 9.44. The molecule has 0 radical (unpaired) electrons. The van der Waals surface area contributed by atoms with Crippen LogP contribution in [-0.4, -0.2) is 53.8 Å². The number of fused-ring (bicyclic) bond motifs is 1. The number of carbonyl (C=O) groups excluding carboxylic acids is 3. The number of hydrogen-bond acceptors (Lipinski definition) is 5. The first-order chi connectivity index (χ1) is 13.3. The van der Waals surface area contributed by atoms with Crippen LogP contribution in [-0.2, 0) is 16.1 Å². The lowest BCUT2D eigenvalue weighted by Gasteiger charge is -2.41. The van der Waals surface area contributed by atoms with E-state index in [9.17, 15) is 23.2 Å². The molecule has 0 spiro atoms. The molecule has 3 amide bonds. The molecule has 28 heavy (non-hydrogen) atoms.